The van der Waals surface area contributed by atoms with Gasteiger partial charge in [-0.05, 0) is 48.9 Å². The second kappa shape index (κ2) is 8.15. The Balaban J connectivity index is 1.52. The lowest BCUT2D eigenvalue weighted by molar-refractivity contribution is 0.244. The van der Waals surface area contributed by atoms with E-state index < -0.39 is 0 Å². The van der Waals surface area contributed by atoms with Gasteiger partial charge in [0.05, 0.1) is 0 Å². The van der Waals surface area contributed by atoms with Gasteiger partial charge in [0.1, 0.15) is 0 Å². The molecule has 4 nitrogen and oxygen atoms in total. The lowest BCUT2D eigenvalue weighted by Crippen LogP contribution is -2.49. The summed E-state index contributed by atoms with van der Waals surface area (Å²) >= 11 is 0. The van der Waals surface area contributed by atoms with Crippen LogP contribution in [0.4, 0.5) is 0 Å². The average molecular weight is 336 g/mol. The highest BCUT2D eigenvalue weighted by molar-refractivity contribution is 5.79. The van der Waals surface area contributed by atoms with Crippen LogP contribution in [0.3, 0.4) is 0 Å². The highest BCUT2D eigenvalue weighted by Crippen LogP contribution is 2.43. The highest BCUT2D eigenvalue weighted by atomic mass is 15.2. The van der Waals surface area contributed by atoms with Crippen molar-refractivity contribution in [1.29, 1.82) is 0 Å². The summed E-state index contributed by atoms with van der Waals surface area (Å²) in [7, 11) is 1.84. The molecule has 1 aromatic carbocycles. The van der Waals surface area contributed by atoms with Crippen LogP contribution in [0.5, 0.6) is 0 Å². The monoisotopic (exact) mass is 336 g/mol. The van der Waals surface area contributed by atoms with Gasteiger partial charge in [0.2, 0.25) is 0 Å². The van der Waals surface area contributed by atoms with E-state index in [1.54, 1.807) is 0 Å². The van der Waals surface area contributed by atoms with E-state index in [1.165, 1.54) is 36.0 Å². The molecule has 25 heavy (non-hydrogen) atoms. The van der Waals surface area contributed by atoms with Crippen molar-refractivity contribution in [2.24, 2.45) is 4.99 Å². The Hall–Kier alpha value is -2.36. The van der Waals surface area contributed by atoms with Gasteiger partial charge in [0, 0.05) is 37.9 Å². The van der Waals surface area contributed by atoms with E-state index in [-0.39, 0.29) is 5.41 Å². The van der Waals surface area contributed by atoms with Crippen LogP contribution in [0.1, 0.15) is 36.0 Å². The van der Waals surface area contributed by atoms with E-state index in [4.69, 9.17) is 0 Å². The molecule has 2 N–H and O–H groups in total. The fourth-order valence-corrected chi connectivity index (χ4v) is 3.53. The predicted octanol–water partition coefficient (Wildman–Crippen LogP) is 3.22. The van der Waals surface area contributed by atoms with Crippen LogP contribution in [0.15, 0.2) is 53.8 Å². The van der Waals surface area contributed by atoms with Gasteiger partial charge in [-0.25, -0.2) is 0 Å². The Morgan fingerprint density at radius 1 is 1.16 bits per heavy atom. The first kappa shape index (κ1) is 17.5. The fourth-order valence-electron chi connectivity index (χ4n) is 3.53. The molecule has 1 heterocycles. The van der Waals surface area contributed by atoms with Gasteiger partial charge in [0.15, 0.2) is 5.96 Å². The molecule has 0 atom stereocenters. The van der Waals surface area contributed by atoms with Crippen LogP contribution in [-0.4, -0.2) is 31.1 Å². The number of hydrogen-bond donors (Lipinski definition) is 2. The zero-order valence-electron chi connectivity index (χ0n) is 15.3. The number of pyridine rings is 1. The number of nitrogens with one attached hydrogen (secondary N) is 2. The molecule has 1 aliphatic rings. The van der Waals surface area contributed by atoms with Gasteiger partial charge in [0.25, 0.3) is 0 Å². The Kier molecular flexibility index (Phi) is 5.69. The number of aryl methyl sites for hydroxylation is 1. The molecule has 0 saturated heterocycles. The number of rotatable bonds is 6. The van der Waals surface area contributed by atoms with Crippen molar-refractivity contribution in [2.45, 2.75) is 38.0 Å². The lowest BCUT2D eigenvalue weighted by atomic mass is 9.64. The van der Waals surface area contributed by atoms with Gasteiger partial charge >= 0.3 is 0 Å². The van der Waals surface area contributed by atoms with Crippen molar-refractivity contribution < 1.29 is 0 Å². The van der Waals surface area contributed by atoms with E-state index in [0.29, 0.717) is 0 Å². The van der Waals surface area contributed by atoms with E-state index in [9.17, 15) is 0 Å². The summed E-state index contributed by atoms with van der Waals surface area (Å²) in [5.41, 5.74) is 4.28. The number of aliphatic imine (C=N–C) groups is 1. The summed E-state index contributed by atoms with van der Waals surface area (Å²) in [5.74, 6) is 0.883. The minimum absolute atomic E-state index is 0.264. The molecule has 0 radical (unpaired) electrons. The number of benzene rings is 1. The number of nitrogens with zero attached hydrogens (tertiary/aromatic N) is 2. The maximum Gasteiger partial charge on any atom is 0.191 e. The van der Waals surface area contributed by atoms with Gasteiger partial charge in [-0.3, -0.25) is 9.98 Å². The molecule has 0 spiro atoms. The SMILES string of the molecule is CN=C(NCCc1ccncc1C)NCC1(c2ccccc2)CCC1. The van der Waals surface area contributed by atoms with Crippen molar-refractivity contribution in [2.75, 3.05) is 20.1 Å². The quantitative estimate of drug-likeness (QED) is 0.629. The first-order chi connectivity index (χ1) is 12.2. The molecule has 132 valence electrons. The minimum atomic E-state index is 0.264. The van der Waals surface area contributed by atoms with Crippen LogP contribution >= 0.6 is 0 Å². The largest absolute Gasteiger partial charge is 0.356 e. The van der Waals surface area contributed by atoms with Gasteiger partial charge in [-0.2, -0.15) is 0 Å². The molecule has 0 unspecified atom stereocenters. The summed E-state index contributed by atoms with van der Waals surface area (Å²) in [6.45, 7) is 3.91. The standard InChI is InChI=1S/C21H28N4/c1-17-15-23-13-9-18(17)10-14-24-20(22-2)25-16-21(11-6-12-21)19-7-4-3-5-8-19/h3-5,7-9,13,15H,6,10-12,14,16H2,1-2H3,(H2,22,24,25). The summed E-state index contributed by atoms with van der Waals surface area (Å²) in [5, 5.41) is 6.97. The minimum Gasteiger partial charge on any atom is -0.356 e. The van der Waals surface area contributed by atoms with Crippen molar-refractivity contribution in [1.82, 2.24) is 15.6 Å². The Labute approximate surface area is 150 Å². The third-order valence-corrected chi connectivity index (χ3v) is 5.34. The molecule has 1 aromatic heterocycles. The summed E-state index contributed by atoms with van der Waals surface area (Å²) in [6.07, 6.45) is 8.55. The smallest absolute Gasteiger partial charge is 0.191 e. The Morgan fingerprint density at radius 3 is 2.60 bits per heavy atom. The zero-order chi connectivity index (χ0) is 17.5. The Morgan fingerprint density at radius 2 is 1.96 bits per heavy atom. The third-order valence-electron chi connectivity index (χ3n) is 5.34. The van der Waals surface area contributed by atoms with E-state index >= 15 is 0 Å². The molecular formula is C21H28N4. The lowest BCUT2D eigenvalue weighted by Gasteiger charge is -2.43. The van der Waals surface area contributed by atoms with Gasteiger partial charge in [-0.1, -0.05) is 36.8 Å². The second-order valence-electron chi connectivity index (χ2n) is 6.90. The number of aromatic nitrogens is 1. The van der Waals surface area contributed by atoms with E-state index in [1.807, 2.05) is 19.4 Å². The maximum atomic E-state index is 4.38. The maximum absolute atomic E-state index is 4.38. The summed E-state index contributed by atoms with van der Waals surface area (Å²) < 4.78 is 0. The summed E-state index contributed by atoms with van der Waals surface area (Å²) in [4.78, 5) is 8.53. The zero-order valence-corrected chi connectivity index (χ0v) is 15.3. The molecule has 1 aliphatic carbocycles. The molecule has 1 fully saturated rings. The average Bonchev–Trinajstić information content (AvgIpc) is 2.61. The van der Waals surface area contributed by atoms with Crippen LogP contribution < -0.4 is 10.6 Å². The van der Waals surface area contributed by atoms with Crippen molar-refractivity contribution in [3.8, 4) is 0 Å². The van der Waals surface area contributed by atoms with Crippen molar-refractivity contribution in [3.63, 3.8) is 0 Å². The molecule has 0 aliphatic heterocycles. The normalized spacial score (nSPS) is 16.2. The first-order valence-corrected chi connectivity index (χ1v) is 9.13. The molecule has 2 aromatic rings. The molecule has 0 amide bonds. The first-order valence-electron chi connectivity index (χ1n) is 9.13. The van der Waals surface area contributed by atoms with Crippen LogP contribution in [0, 0.1) is 6.92 Å². The van der Waals surface area contributed by atoms with Crippen molar-refractivity contribution in [3.05, 3.63) is 65.5 Å². The predicted molar refractivity (Wildman–Crippen MR) is 104 cm³/mol. The highest BCUT2D eigenvalue weighted by Gasteiger charge is 2.38. The molecule has 4 heteroatoms. The second-order valence-corrected chi connectivity index (χ2v) is 6.90. The Bertz CT molecular complexity index is 705. The topological polar surface area (TPSA) is 49.3 Å². The fraction of sp³-hybridized carbons (Fsp3) is 0.429. The molecular weight excluding hydrogens is 308 g/mol. The number of hydrogen-bond acceptors (Lipinski definition) is 2. The van der Waals surface area contributed by atoms with Gasteiger partial charge < -0.3 is 10.6 Å². The molecule has 1 saturated carbocycles. The van der Waals surface area contributed by atoms with Crippen LogP contribution in [-0.2, 0) is 11.8 Å². The number of guanidine groups is 1. The van der Waals surface area contributed by atoms with Crippen LogP contribution in [0.2, 0.25) is 0 Å². The van der Waals surface area contributed by atoms with Crippen molar-refractivity contribution >= 4 is 5.96 Å². The van der Waals surface area contributed by atoms with E-state index in [2.05, 4.69) is 63.9 Å². The van der Waals surface area contributed by atoms with E-state index in [0.717, 1.165) is 25.5 Å². The van der Waals surface area contributed by atoms with Crippen LogP contribution in [0.25, 0.3) is 0 Å². The molecule has 3 rings (SSSR count). The third kappa shape index (κ3) is 4.19. The molecule has 0 bridgehead atoms. The summed E-state index contributed by atoms with van der Waals surface area (Å²) in [6, 6.07) is 13.0. The van der Waals surface area contributed by atoms with Gasteiger partial charge in [-0.15, -0.1) is 0 Å².